The quantitative estimate of drug-likeness (QED) is 0.193. The lowest BCUT2D eigenvalue weighted by atomic mass is 9.95. The van der Waals surface area contributed by atoms with Gasteiger partial charge < -0.3 is 23.8 Å². The van der Waals surface area contributed by atoms with Gasteiger partial charge in [0.2, 0.25) is 0 Å². The normalized spacial score (nSPS) is 11.0. The molecule has 8 nitrogen and oxygen atoms in total. The third kappa shape index (κ3) is 5.91. The molecule has 3 aromatic carbocycles. The van der Waals surface area contributed by atoms with E-state index in [4.69, 9.17) is 18.5 Å². The first kappa shape index (κ1) is 26.7. The molecule has 5 aromatic rings. The molecule has 0 aliphatic heterocycles. The van der Waals surface area contributed by atoms with Crippen molar-refractivity contribution in [3.63, 3.8) is 0 Å². The first-order valence-electron chi connectivity index (χ1n) is 13.3. The van der Waals surface area contributed by atoms with Crippen LogP contribution in [0.1, 0.15) is 53.9 Å². The van der Waals surface area contributed by atoms with Crippen LogP contribution in [-0.4, -0.2) is 22.8 Å². The van der Waals surface area contributed by atoms with Crippen LogP contribution in [0.5, 0.6) is 11.5 Å². The number of benzene rings is 3. The Morgan fingerprint density at radius 3 is 2.10 bits per heavy atom. The van der Waals surface area contributed by atoms with Gasteiger partial charge in [-0.3, -0.25) is 4.79 Å². The number of carbonyl (C=O) groups is 1. The van der Waals surface area contributed by atoms with Crippen molar-refractivity contribution in [2.24, 2.45) is 0 Å². The minimum absolute atomic E-state index is 0.109. The fourth-order valence-corrected chi connectivity index (χ4v) is 4.37. The summed E-state index contributed by atoms with van der Waals surface area (Å²) in [7, 11) is 0. The van der Waals surface area contributed by atoms with Crippen LogP contribution in [0.25, 0.3) is 22.6 Å². The van der Waals surface area contributed by atoms with Gasteiger partial charge in [-0.1, -0.05) is 84.8 Å². The highest BCUT2D eigenvalue weighted by molar-refractivity contribution is 6.01. The van der Waals surface area contributed by atoms with E-state index in [0.29, 0.717) is 53.9 Å². The molecule has 5 rings (SSSR count). The summed E-state index contributed by atoms with van der Waals surface area (Å²) in [5, 5.41) is 10.8. The number of aromatic nitrogens is 2. The Kier molecular flexibility index (Phi) is 8.25. The molecule has 0 spiro atoms. The average molecular weight is 538 g/mol. The zero-order chi connectivity index (χ0) is 27.9. The molecule has 0 atom stereocenters. The predicted molar refractivity (Wildman–Crippen MR) is 151 cm³/mol. The van der Waals surface area contributed by atoms with Crippen LogP contribution in [-0.2, 0) is 13.2 Å². The van der Waals surface area contributed by atoms with E-state index in [1.54, 1.807) is 6.07 Å². The van der Waals surface area contributed by atoms with Gasteiger partial charge in [-0.15, -0.1) is 0 Å². The number of ether oxygens (including phenoxy) is 2. The number of carbonyl (C=O) groups excluding carboxylic acids is 1. The largest absolute Gasteiger partial charge is 0.488 e. The highest BCUT2D eigenvalue weighted by atomic mass is 16.5. The van der Waals surface area contributed by atoms with Crippen LogP contribution >= 0.6 is 0 Å². The van der Waals surface area contributed by atoms with Gasteiger partial charge in [-0.25, -0.2) is 0 Å². The van der Waals surface area contributed by atoms with Gasteiger partial charge in [0.15, 0.2) is 17.2 Å². The summed E-state index contributed by atoms with van der Waals surface area (Å²) in [6, 6.07) is 25.4. The summed E-state index contributed by atoms with van der Waals surface area (Å²) >= 11 is 0. The van der Waals surface area contributed by atoms with Gasteiger partial charge in [0.25, 0.3) is 5.91 Å². The average Bonchev–Trinajstić information content (AvgIpc) is 3.66. The fourth-order valence-electron chi connectivity index (χ4n) is 4.37. The minimum Gasteiger partial charge on any atom is -0.488 e. The topological polar surface area (TPSA) is 99.6 Å². The Labute approximate surface area is 232 Å². The van der Waals surface area contributed by atoms with Crippen LogP contribution in [0.15, 0.2) is 94.1 Å². The second-order valence-corrected chi connectivity index (χ2v) is 9.56. The van der Waals surface area contributed by atoms with Gasteiger partial charge in [0, 0.05) is 18.7 Å². The smallest absolute Gasteiger partial charge is 0.274 e. The van der Waals surface area contributed by atoms with E-state index in [9.17, 15) is 4.79 Å². The van der Waals surface area contributed by atoms with Crippen LogP contribution in [0.2, 0.25) is 0 Å². The van der Waals surface area contributed by atoms with E-state index < -0.39 is 0 Å². The van der Waals surface area contributed by atoms with Crippen molar-refractivity contribution in [3.8, 4) is 34.1 Å². The first-order valence-corrected chi connectivity index (χ1v) is 13.3. The SMILES string of the molecule is CCNC(=O)c1noc(-c2cc(C(C)C)c(OCc3ccccc3)cc2OCc2ccccc2)c1-c1ccno1. The molecule has 8 heteroatoms. The van der Waals surface area contributed by atoms with Gasteiger partial charge >= 0.3 is 0 Å². The molecule has 0 aliphatic rings. The summed E-state index contributed by atoms with van der Waals surface area (Å²) in [6.07, 6.45) is 1.51. The highest BCUT2D eigenvalue weighted by Gasteiger charge is 2.29. The molecular formula is C32H31N3O5. The maximum Gasteiger partial charge on any atom is 0.274 e. The van der Waals surface area contributed by atoms with E-state index in [1.165, 1.54) is 6.20 Å². The zero-order valence-electron chi connectivity index (χ0n) is 22.7. The van der Waals surface area contributed by atoms with Gasteiger partial charge in [0.1, 0.15) is 30.3 Å². The van der Waals surface area contributed by atoms with Gasteiger partial charge in [-0.2, -0.15) is 0 Å². The molecule has 40 heavy (non-hydrogen) atoms. The van der Waals surface area contributed by atoms with E-state index in [1.807, 2.05) is 79.7 Å². The molecule has 0 aliphatic carbocycles. The summed E-state index contributed by atoms with van der Waals surface area (Å²) < 4.78 is 24.0. The second kappa shape index (κ2) is 12.3. The lowest BCUT2D eigenvalue weighted by molar-refractivity contribution is 0.0947. The fraction of sp³-hybridized carbons (Fsp3) is 0.219. The highest BCUT2D eigenvalue weighted by Crippen LogP contribution is 2.44. The Morgan fingerprint density at radius 2 is 1.52 bits per heavy atom. The van der Waals surface area contributed by atoms with Crippen molar-refractivity contribution in [1.82, 2.24) is 15.6 Å². The molecule has 0 saturated carbocycles. The van der Waals surface area contributed by atoms with E-state index in [2.05, 4.69) is 29.5 Å². The summed E-state index contributed by atoms with van der Waals surface area (Å²) in [4.78, 5) is 12.9. The van der Waals surface area contributed by atoms with Crippen molar-refractivity contribution in [2.45, 2.75) is 39.9 Å². The molecule has 1 amide bonds. The molecule has 0 fully saturated rings. The molecule has 0 radical (unpaired) electrons. The van der Waals surface area contributed by atoms with Crippen molar-refractivity contribution < 1.29 is 23.3 Å². The third-order valence-corrected chi connectivity index (χ3v) is 6.38. The van der Waals surface area contributed by atoms with E-state index in [0.717, 1.165) is 16.7 Å². The van der Waals surface area contributed by atoms with E-state index in [-0.39, 0.29) is 17.5 Å². The molecule has 1 N–H and O–H groups in total. The molecule has 0 saturated heterocycles. The summed E-state index contributed by atoms with van der Waals surface area (Å²) in [5.74, 6) is 1.68. The summed E-state index contributed by atoms with van der Waals surface area (Å²) in [5.41, 5.74) is 4.16. The molecular weight excluding hydrogens is 506 g/mol. The first-order chi connectivity index (χ1) is 19.5. The number of hydrogen-bond donors (Lipinski definition) is 1. The lowest BCUT2D eigenvalue weighted by Gasteiger charge is -2.19. The second-order valence-electron chi connectivity index (χ2n) is 9.56. The van der Waals surface area contributed by atoms with Crippen molar-refractivity contribution in [3.05, 3.63) is 107 Å². The number of rotatable bonds is 11. The van der Waals surface area contributed by atoms with Crippen LogP contribution in [0.4, 0.5) is 0 Å². The number of nitrogens with zero attached hydrogens (tertiary/aromatic N) is 2. The van der Waals surface area contributed by atoms with Crippen molar-refractivity contribution in [1.29, 1.82) is 0 Å². The molecule has 2 heterocycles. The maximum absolute atomic E-state index is 12.9. The summed E-state index contributed by atoms with van der Waals surface area (Å²) in [6.45, 7) is 7.19. The van der Waals surface area contributed by atoms with Gasteiger partial charge in [-0.05, 0) is 35.6 Å². The van der Waals surface area contributed by atoms with Gasteiger partial charge in [0.05, 0.1) is 11.8 Å². The van der Waals surface area contributed by atoms with Crippen molar-refractivity contribution >= 4 is 5.91 Å². The maximum atomic E-state index is 12.9. The van der Waals surface area contributed by atoms with Crippen LogP contribution in [0, 0.1) is 0 Å². The Bertz CT molecular complexity index is 1540. The third-order valence-electron chi connectivity index (χ3n) is 6.38. The van der Waals surface area contributed by atoms with Crippen LogP contribution < -0.4 is 14.8 Å². The van der Waals surface area contributed by atoms with Crippen molar-refractivity contribution in [2.75, 3.05) is 6.54 Å². The number of nitrogens with one attached hydrogen (secondary N) is 1. The minimum atomic E-state index is -0.373. The molecule has 2 aromatic heterocycles. The molecule has 204 valence electrons. The number of hydrogen-bond acceptors (Lipinski definition) is 7. The van der Waals surface area contributed by atoms with E-state index >= 15 is 0 Å². The monoisotopic (exact) mass is 537 g/mol. The Balaban J connectivity index is 1.63. The number of amides is 1. The Morgan fingerprint density at radius 1 is 0.875 bits per heavy atom. The zero-order valence-corrected chi connectivity index (χ0v) is 22.7. The molecule has 0 unspecified atom stereocenters. The molecule has 0 bridgehead atoms. The standard InChI is InChI=1S/C32H31N3O5/c1-4-33-32(36)30-29(26-15-16-34-39-26)31(40-35-30)25-17-24(21(2)3)27(37-19-22-11-7-5-8-12-22)18-28(25)38-20-23-13-9-6-10-14-23/h5-18,21H,4,19-20H2,1-3H3,(H,33,36). The predicted octanol–water partition coefficient (Wildman–Crippen LogP) is 7.03. The van der Waals surface area contributed by atoms with Crippen LogP contribution in [0.3, 0.4) is 0 Å². The Hall–Kier alpha value is -4.85. The lowest BCUT2D eigenvalue weighted by Crippen LogP contribution is -2.23.